The molecule has 4 rings (SSSR count). The van der Waals surface area contributed by atoms with Gasteiger partial charge in [0.15, 0.2) is 0 Å². The first kappa shape index (κ1) is 27.3. The summed E-state index contributed by atoms with van der Waals surface area (Å²) >= 11 is 6.64. The van der Waals surface area contributed by atoms with Crippen LogP contribution in [0.3, 0.4) is 0 Å². The molecule has 0 spiro atoms. The number of carbonyl (C=O) groups excluding carboxylic acids is 2. The highest BCUT2D eigenvalue weighted by atomic mass is 35.5. The summed E-state index contributed by atoms with van der Waals surface area (Å²) < 4.78 is 11.5. The van der Waals surface area contributed by atoms with Crippen LogP contribution >= 0.6 is 11.6 Å². The number of hydrogen-bond acceptors (Lipinski definition) is 6. The van der Waals surface area contributed by atoms with Gasteiger partial charge in [0, 0.05) is 13.0 Å². The molecule has 4 fully saturated rings. The second-order valence-corrected chi connectivity index (χ2v) is 12.1. The Bertz CT molecular complexity index is 685. The molecule has 4 saturated carbocycles. The van der Waals surface area contributed by atoms with Crippen molar-refractivity contribution < 1.29 is 28.8 Å². The van der Waals surface area contributed by atoms with Gasteiger partial charge in [0.25, 0.3) is 0 Å². The Labute approximate surface area is 216 Å². The molecule has 0 aromatic heterocycles. The SMILES string of the molecule is COC1CCCCC1OOC1CCC(OC(=O)C2CCC(C3CCC(C(C)=O)CC3)CC2)C(Cl)C1. The predicted molar refractivity (Wildman–Crippen MR) is 134 cm³/mol. The zero-order chi connectivity index (χ0) is 24.8. The van der Waals surface area contributed by atoms with Gasteiger partial charge in [0.1, 0.15) is 18.0 Å². The third-order valence-electron chi connectivity index (χ3n) is 9.31. The Balaban J connectivity index is 1.14. The number of methoxy groups -OCH3 is 1. The molecule has 0 aromatic rings. The van der Waals surface area contributed by atoms with Gasteiger partial charge in [-0.05, 0) is 102 Å². The quantitative estimate of drug-likeness (QED) is 0.168. The Morgan fingerprint density at radius 1 is 0.686 bits per heavy atom. The van der Waals surface area contributed by atoms with E-state index in [-0.39, 0.29) is 47.6 Å². The van der Waals surface area contributed by atoms with Gasteiger partial charge in [-0.1, -0.05) is 12.8 Å². The molecule has 0 saturated heterocycles. The first-order valence-corrected chi connectivity index (χ1v) is 14.6. The largest absolute Gasteiger partial charge is 0.461 e. The minimum absolute atomic E-state index is 0.00161. The van der Waals surface area contributed by atoms with Crippen LogP contribution in [0.2, 0.25) is 0 Å². The molecular weight excluding hydrogens is 468 g/mol. The third kappa shape index (κ3) is 7.43. The topological polar surface area (TPSA) is 71.1 Å². The Morgan fingerprint density at radius 3 is 1.86 bits per heavy atom. The summed E-state index contributed by atoms with van der Waals surface area (Å²) in [4.78, 5) is 36.1. The van der Waals surface area contributed by atoms with Gasteiger partial charge in [-0.25, -0.2) is 9.78 Å². The van der Waals surface area contributed by atoms with Crippen molar-refractivity contribution in [2.24, 2.45) is 23.7 Å². The number of alkyl halides is 1. The summed E-state index contributed by atoms with van der Waals surface area (Å²) in [6.07, 6.45) is 14.6. The van der Waals surface area contributed by atoms with Crippen LogP contribution in [0, 0.1) is 23.7 Å². The van der Waals surface area contributed by atoms with Crippen LogP contribution in [0.5, 0.6) is 0 Å². The average molecular weight is 513 g/mol. The van der Waals surface area contributed by atoms with Gasteiger partial charge >= 0.3 is 5.97 Å². The number of esters is 1. The first-order valence-electron chi connectivity index (χ1n) is 14.1. The fourth-order valence-electron chi connectivity index (χ4n) is 6.93. The van der Waals surface area contributed by atoms with Crippen molar-refractivity contribution in [3.8, 4) is 0 Å². The lowest BCUT2D eigenvalue weighted by Gasteiger charge is -2.38. The van der Waals surface area contributed by atoms with E-state index in [1.54, 1.807) is 14.0 Å². The normalized spacial score (nSPS) is 40.7. The minimum atomic E-state index is -0.251. The summed E-state index contributed by atoms with van der Waals surface area (Å²) in [5.41, 5.74) is 0. The van der Waals surface area contributed by atoms with Crippen molar-refractivity contribution in [2.75, 3.05) is 7.11 Å². The monoisotopic (exact) mass is 512 g/mol. The standard InChI is InChI=1S/C28H45ClO6/c1-18(30)19-7-9-20(10-8-19)21-11-13-22(14-12-21)28(31)33-25-16-15-23(17-24(25)29)34-35-27-6-4-3-5-26(27)32-2/h19-27H,3-17H2,1-2H3. The lowest BCUT2D eigenvalue weighted by atomic mass is 9.69. The molecule has 6 nitrogen and oxygen atoms in total. The van der Waals surface area contributed by atoms with Crippen LogP contribution < -0.4 is 0 Å². The number of hydrogen-bond donors (Lipinski definition) is 0. The van der Waals surface area contributed by atoms with Crippen LogP contribution in [-0.2, 0) is 28.8 Å². The number of ketones is 1. The summed E-state index contributed by atoms with van der Waals surface area (Å²) in [5, 5.41) is -0.251. The van der Waals surface area contributed by atoms with Crippen molar-refractivity contribution in [1.29, 1.82) is 0 Å². The van der Waals surface area contributed by atoms with Gasteiger partial charge < -0.3 is 9.47 Å². The van der Waals surface area contributed by atoms with Gasteiger partial charge in [-0.15, -0.1) is 11.6 Å². The Morgan fingerprint density at radius 2 is 1.29 bits per heavy atom. The molecule has 4 aliphatic rings. The zero-order valence-corrected chi connectivity index (χ0v) is 22.4. The molecule has 200 valence electrons. The van der Waals surface area contributed by atoms with Crippen LogP contribution in [0.1, 0.15) is 103 Å². The van der Waals surface area contributed by atoms with Gasteiger partial charge in [-0.3, -0.25) is 9.59 Å². The number of halogens is 1. The molecule has 0 heterocycles. The second kappa shape index (κ2) is 13.2. The molecule has 5 atom stereocenters. The van der Waals surface area contributed by atoms with Crippen LogP contribution in [0.4, 0.5) is 0 Å². The minimum Gasteiger partial charge on any atom is -0.461 e. The van der Waals surface area contributed by atoms with E-state index in [1.807, 2.05) is 0 Å². The van der Waals surface area contributed by atoms with Gasteiger partial charge in [0.2, 0.25) is 0 Å². The molecule has 35 heavy (non-hydrogen) atoms. The number of Topliss-reactive ketones (excluding diaryl/α,β-unsaturated/α-hetero) is 1. The molecule has 4 aliphatic carbocycles. The number of carbonyl (C=O) groups is 2. The maximum Gasteiger partial charge on any atom is 0.309 e. The average Bonchev–Trinajstić information content (AvgIpc) is 2.89. The van der Waals surface area contributed by atoms with Gasteiger partial charge in [0.05, 0.1) is 23.5 Å². The summed E-state index contributed by atoms with van der Waals surface area (Å²) in [6, 6.07) is 0. The van der Waals surface area contributed by atoms with Crippen LogP contribution in [-0.4, -0.2) is 48.7 Å². The molecule has 0 N–H and O–H groups in total. The maximum absolute atomic E-state index is 12.9. The van der Waals surface area contributed by atoms with E-state index in [0.717, 1.165) is 70.1 Å². The van der Waals surface area contributed by atoms with Crippen LogP contribution in [0.15, 0.2) is 0 Å². The van der Waals surface area contributed by atoms with Crippen molar-refractivity contribution in [2.45, 2.75) is 133 Å². The van der Waals surface area contributed by atoms with E-state index in [9.17, 15) is 9.59 Å². The molecule has 0 radical (unpaired) electrons. The molecule has 0 aromatic carbocycles. The van der Waals surface area contributed by atoms with E-state index < -0.39 is 0 Å². The fourth-order valence-corrected chi connectivity index (χ4v) is 7.31. The zero-order valence-electron chi connectivity index (χ0n) is 21.6. The molecule has 0 amide bonds. The van der Waals surface area contributed by atoms with Gasteiger partial charge in [-0.2, -0.15) is 0 Å². The van der Waals surface area contributed by atoms with E-state index in [2.05, 4.69) is 0 Å². The Hall–Kier alpha value is -0.690. The van der Waals surface area contributed by atoms with Crippen molar-refractivity contribution in [1.82, 2.24) is 0 Å². The molecule has 0 bridgehead atoms. The fraction of sp³-hybridized carbons (Fsp3) is 0.929. The van der Waals surface area contributed by atoms with Crippen molar-refractivity contribution in [3.05, 3.63) is 0 Å². The summed E-state index contributed by atoms with van der Waals surface area (Å²) in [5.74, 6) is 1.98. The maximum atomic E-state index is 12.9. The first-order chi connectivity index (χ1) is 16.9. The highest BCUT2D eigenvalue weighted by Crippen LogP contribution is 2.42. The smallest absolute Gasteiger partial charge is 0.309 e. The summed E-state index contributed by atoms with van der Waals surface area (Å²) in [7, 11) is 1.73. The highest BCUT2D eigenvalue weighted by Gasteiger charge is 2.38. The highest BCUT2D eigenvalue weighted by molar-refractivity contribution is 6.21. The van der Waals surface area contributed by atoms with Crippen LogP contribution in [0.25, 0.3) is 0 Å². The molecular formula is C28H45ClO6. The van der Waals surface area contributed by atoms with E-state index in [4.69, 9.17) is 30.8 Å². The Kier molecular flexibility index (Phi) is 10.3. The van der Waals surface area contributed by atoms with E-state index in [1.165, 1.54) is 19.3 Å². The lowest BCUT2D eigenvalue weighted by molar-refractivity contribution is -0.371. The predicted octanol–water partition coefficient (Wildman–Crippen LogP) is 6.17. The van der Waals surface area contributed by atoms with Crippen molar-refractivity contribution in [3.63, 3.8) is 0 Å². The number of ether oxygens (including phenoxy) is 2. The molecule has 5 unspecified atom stereocenters. The van der Waals surface area contributed by atoms with E-state index in [0.29, 0.717) is 24.5 Å². The molecule has 7 heteroatoms. The second-order valence-electron chi connectivity index (χ2n) is 11.5. The van der Waals surface area contributed by atoms with Crippen molar-refractivity contribution >= 4 is 23.4 Å². The molecule has 0 aliphatic heterocycles. The van der Waals surface area contributed by atoms with E-state index >= 15 is 0 Å². The summed E-state index contributed by atoms with van der Waals surface area (Å²) in [6.45, 7) is 1.73. The third-order valence-corrected chi connectivity index (χ3v) is 9.77. The lowest BCUT2D eigenvalue weighted by Crippen LogP contribution is -2.40. The number of rotatable bonds is 8.